The molecule has 1 saturated heterocycles. The van der Waals surface area contributed by atoms with Crippen molar-refractivity contribution in [3.05, 3.63) is 34.1 Å². The number of hydrogen-bond acceptors (Lipinski definition) is 4. The molecule has 1 aliphatic heterocycles. The summed E-state index contributed by atoms with van der Waals surface area (Å²) in [5.74, 6) is -0.728. The summed E-state index contributed by atoms with van der Waals surface area (Å²) in [5, 5.41) is 9.66. The number of likely N-dealkylation sites (tertiary alicyclic amines) is 1. The van der Waals surface area contributed by atoms with Crippen molar-refractivity contribution < 1.29 is 19.0 Å². The minimum absolute atomic E-state index is 0.274. The Morgan fingerprint density at radius 3 is 3.00 bits per heavy atom. The first-order valence-electron chi connectivity index (χ1n) is 5.95. The van der Waals surface area contributed by atoms with Gasteiger partial charge in [-0.1, -0.05) is 22.0 Å². The van der Waals surface area contributed by atoms with Crippen molar-refractivity contribution in [2.24, 2.45) is 0 Å². The maximum atomic E-state index is 13.8. The summed E-state index contributed by atoms with van der Waals surface area (Å²) in [6.07, 6.45) is -0.257. The number of carbonyl (C=O) groups is 1. The number of ether oxygens (including phenoxy) is 1. The largest absolute Gasteiger partial charge is 0.468 e. The van der Waals surface area contributed by atoms with Gasteiger partial charge in [-0.2, -0.15) is 0 Å². The highest BCUT2D eigenvalue weighted by molar-refractivity contribution is 9.10. The summed E-state index contributed by atoms with van der Waals surface area (Å²) in [5.41, 5.74) is 0.492. The van der Waals surface area contributed by atoms with E-state index in [0.29, 0.717) is 23.0 Å². The first kappa shape index (κ1) is 14.4. The van der Waals surface area contributed by atoms with Crippen molar-refractivity contribution >= 4 is 21.9 Å². The second-order valence-electron chi connectivity index (χ2n) is 4.59. The summed E-state index contributed by atoms with van der Waals surface area (Å²) < 4.78 is 19.1. The van der Waals surface area contributed by atoms with Crippen molar-refractivity contribution in [2.75, 3.05) is 13.7 Å². The summed E-state index contributed by atoms with van der Waals surface area (Å²) in [7, 11) is 1.31. The van der Waals surface area contributed by atoms with Crippen LogP contribution in [0.4, 0.5) is 4.39 Å². The van der Waals surface area contributed by atoms with E-state index in [2.05, 4.69) is 15.9 Å². The number of halogens is 2. The summed E-state index contributed by atoms with van der Waals surface area (Å²) in [4.78, 5) is 13.4. The minimum Gasteiger partial charge on any atom is -0.468 e. The first-order chi connectivity index (χ1) is 9.01. The Morgan fingerprint density at radius 1 is 1.63 bits per heavy atom. The van der Waals surface area contributed by atoms with Crippen LogP contribution in [0, 0.1) is 5.82 Å². The molecule has 1 aliphatic rings. The summed E-state index contributed by atoms with van der Waals surface area (Å²) in [6, 6.07) is 4.29. The monoisotopic (exact) mass is 331 g/mol. The van der Waals surface area contributed by atoms with Crippen LogP contribution in [-0.4, -0.2) is 41.8 Å². The van der Waals surface area contributed by atoms with Gasteiger partial charge < -0.3 is 9.84 Å². The number of β-amino-alcohol motifs (C(OH)–C–C–N with tert-alkyl or cyclic N) is 1. The standard InChI is InChI=1S/C13H15BrFNO3/c1-19-13(18)12-5-10(17)7-16(12)6-8-2-3-9(14)4-11(8)15/h2-4,10,12,17H,5-7H2,1H3. The number of hydrogen-bond donors (Lipinski definition) is 1. The van der Waals surface area contributed by atoms with Gasteiger partial charge in [0.25, 0.3) is 0 Å². The summed E-state index contributed by atoms with van der Waals surface area (Å²) in [6.45, 7) is 0.616. The Balaban J connectivity index is 2.14. The lowest BCUT2D eigenvalue weighted by molar-refractivity contribution is -0.146. The molecule has 0 radical (unpaired) electrons. The molecular weight excluding hydrogens is 317 g/mol. The molecule has 0 saturated carbocycles. The van der Waals surface area contributed by atoms with Crippen molar-refractivity contribution in [1.82, 2.24) is 4.90 Å². The van der Waals surface area contributed by atoms with Crippen LogP contribution in [0.3, 0.4) is 0 Å². The minimum atomic E-state index is -0.581. The van der Waals surface area contributed by atoms with E-state index in [0.717, 1.165) is 0 Å². The predicted octanol–water partition coefficient (Wildman–Crippen LogP) is 1.70. The molecule has 2 unspecified atom stereocenters. The van der Waals surface area contributed by atoms with E-state index < -0.39 is 18.1 Å². The zero-order chi connectivity index (χ0) is 14.0. The average molecular weight is 332 g/mol. The van der Waals surface area contributed by atoms with E-state index >= 15 is 0 Å². The Hall–Kier alpha value is -0.980. The normalized spacial score (nSPS) is 23.6. The summed E-state index contributed by atoms with van der Waals surface area (Å²) >= 11 is 3.20. The Morgan fingerprint density at radius 2 is 2.37 bits per heavy atom. The number of nitrogens with zero attached hydrogens (tertiary/aromatic N) is 1. The fraction of sp³-hybridized carbons (Fsp3) is 0.462. The molecule has 1 N–H and O–H groups in total. The molecule has 1 aromatic rings. The van der Waals surface area contributed by atoms with Gasteiger partial charge in [-0.05, 0) is 12.1 Å². The van der Waals surface area contributed by atoms with Crippen LogP contribution in [-0.2, 0) is 16.1 Å². The number of benzene rings is 1. The van der Waals surface area contributed by atoms with Crippen molar-refractivity contribution in [2.45, 2.75) is 25.1 Å². The second kappa shape index (κ2) is 5.98. The van der Waals surface area contributed by atoms with Crippen LogP contribution in [0.5, 0.6) is 0 Å². The van der Waals surface area contributed by atoms with E-state index in [9.17, 15) is 14.3 Å². The van der Waals surface area contributed by atoms with Crippen LogP contribution >= 0.6 is 15.9 Å². The lowest BCUT2D eigenvalue weighted by Crippen LogP contribution is -2.36. The molecule has 0 bridgehead atoms. The molecule has 1 aromatic carbocycles. The highest BCUT2D eigenvalue weighted by Crippen LogP contribution is 2.23. The third-order valence-corrected chi connectivity index (χ3v) is 3.74. The highest BCUT2D eigenvalue weighted by Gasteiger charge is 2.36. The smallest absolute Gasteiger partial charge is 0.323 e. The fourth-order valence-electron chi connectivity index (χ4n) is 2.30. The third kappa shape index (κ3) is 3.32. The van der Waals surface area contributed by atoms with Crippen LogP contribution in [0.1, 0.15) is 12.0 Å². The molecule has 0 amide bonds. The van der Waals surface area contributed by atoms with Gasteiger partial charge in [0.05, 0.1) is 13.2 Å². The van der Waals surface area contributed by atoms with Crippen molar-refractivity contribution in [1.29, 1.82) is 0 Å². The topological polar surface area (TPSA) is 49.8 Å². The second-order valence-corrected chi connectivity index (χ2v) is 5.51. The number of methoxy groups -OCH3 is 1. The number of carbonyl (C=O) groups excluding carboxylic acids is 1. The van der Waals surface area contributed by atoms with Crippen LogP contribution in [0.15, 0.2) is 22.7 Å². The average Bonchev–Trinajstić information content (AvgIpc) is 2.73. The Kier molecular flexibility index (Phi) is 4.54. The molecule has 104 valence electrons. The number of aliphatic hydroxyl groups is 1. The lowest BCUT2D eigenvalue weighted by atomic mass is 10.1. The van der Waals surface area contributed by atoms with Gasteiger partial charge in [-0.15, -0.1) is 0 Å². The van der Waals surface area contributed by atoms with E-state index in [1.54, 1.807) is 17.0 Å². The van der Waals surface area contributed by atoms with Gasteiger partial charge in [-0.25, -0.2) is 4.39 Å². The highest BCUT2D eigenvalue weighted by atomic mass is 79.9. The maximum Gasteiger partial charge on any atom is 0.323 e. The third-order valence-electron chi connectivity index (χ3n) is 3.24. The molecule has 1 fully saturated rings. The van der Waals surface area contributed by atoms with E-state index in [1.807, 2.05) is 0 Å². The quantitative estimate of drug-likeness (QED) is 0.856. The van der Waals surface area contributed by atoms with Gasteiger partial charge in [0.2, 0.25) is 0 Å². The predicted molar refractivity (Wildman–Crippen MR) is 70.9 cm³/mol. The number of esters is 1. The maximum absolute atomic E-state index is 13.8. The lowest BCUT2D eigenvalue weighted by Gasteiger charge is -2.22. The van der Waals surface area contributed by atoms with Gasteiger partial charge in [0, 0.05) is 29.5 Å². The molecule has 6 heteroatoms. The molecule has 0 spiro atoms. The van der Waals surface area contributed by atoms with E-state index in [4.69, 9.17) is 4.74 Å². The van der Waals surface area contributed by atoms with Gasteiger partial charge >= 0.3 is 5.97 Å². The molecule has 2 rings (SSSR count). The van der Waals surface area contributed by atoms with E-state index in [-0.39, 0.29) is 12.4 Å². The molecule has 2 atom stereocenters. The Labute approximate surface area is 119 Å². The number of aliphatic hydroxyl groups excluding tert-OH is 1. The zero-order valence-corrected chi connectivity index (χ0v) is 12.1. The molecule has 0 aliphatic carbocycles. The van der Waals surface area contributed by atoms with E-state index in [1.165, 1.54) is 13.2 Å². The van der Waals surface area contributed by atoms with Gasteiger partial charge in [0.1, 0.15) is 11.9 Å². The molecule has 1 heterocycles. The molecular formula is C13H15BrFNO3. The first-order valence-corrected chi connectivity index (χ1v) is 6.74. The zero-order valence-electron chi connectivity index (χ0n) is 10.5. The fourth-order valence-corrected chi connectivity index (χ4v) is 2.64. The van der Waals surface area contributed by atoms with Crippen molar-refractivity contribution in [3.63, 3.8) is 0 Å². The number of rotatable bonds is 3. The molecule has 4 nitrogen and oxygen atoms in total. The van der Waals surface area contributed by atoms with Crippen LogP contribution < -0.4 is 0 Å². The SMILES string of the molecule is COC(=O)C1CC(O)CN1Cc1ccc(Br)cc1F. The molecule has 0 aromatic heterocycles. The molecule has 19 heavy (non-hydrogen) atoms. The van der Waals surface area contributed by atoms with Crippen molar-refractivity contribution in [3.8, 4) is 0 Å². The van der Waals surface area contributed by atoms with Crippen LogP contribution in [0.25, 0.3) is 0 Å². The van der Waals surface area contributed by atoms with Gasteiger partial charge in [0.15, 0.2) is 0 Å². The van der Waals surface area contributed by atoms with Crippen LogP contribution in [0.2, 0.25) is 0 Å². The van der Waals surface area contributed by atoms with Gasteiger partial charge in [-0.3, -0.25) is 9.69 Å². The Bertz CT molecular complexity index is 483.